The Bertz CT molecular complexity index is 1010. The molecule has 0 spiro atoms. The number of aromatic nitrogens is 2. The van der Waals surface area contributed by atoms with Crippen LogP contribution in [-0.2, 0) is 6.42 Å². The maximum absolute atomic E-state index is 12.4. The maximum atomic E-state index is 12.4. The van der Waals surface area contributed by atoms with Gasteiger partial charge in [-0.05, 0) is 30.2 Å². The molecule has 4 nitrogen and oxygen atoms in total. The minimum atomic E-state index is -0.0513. The second-order valence-corrected chi connectivity index (χ2v) is 5.80. The number of nitrogens with one attached hydrogen (secondary N) is 2. The number of nitrogens with zero attached hydrogens (tertiary/aromatic N) is 1. The van der Waals surface area contributed by atoms with Crippen LogP contribution >= 0.6 is 0 Å². The average molecular weight is 315 g/mol. The summed E-state index contributed by atoms with van der Waals surface area (Å²) in [6.07, 6.45) is 4.40. The zero-order chi connectivity index (χ0) is 16.4. The highest BCUT2D eigenvalue weighted by molar-refractivity contribution is 6.09. The van der Waals surface area contributed by atoms with E-state index in [9.17, 15) is 4.79 Å². The van der Waals surface area contributed by atoms with E-state index in [1.165, 1.54) is 5.56 Å². The molecule has 4 rings (SSSR count). The van der Waals surface area contributed by atoms with Crippen molar-refractivity contribution in [3.05, 3.63) is 78.1 Å². The average Bonchev–Trinajstić information content (AvgIpc) is 3.00. The van der Waals surface area contributed by atoms with Gasteiger partial charge in [0, 0.05) is 34.6 Å². The molecule has 0 aliphatic rings. The molecule has 0 bridgehead atoms. The van der Waals surface area contributed by atoms with Crippen LogP contribution in [0.15, 0.2) is 67.0 Å². The first-order valence-electron chi connectivity index (χ1n) is 7.99. The number of aromatic amines is 1. The Labute approximate surface area is 139 Å². The van der Waals surface area contributed by atoms with E-state index in [2.05, 4.69) is 27.4 Å². The number of hydrogen-bond acceptors (Lipinski definition) is 2. The summed E-state index contributed by atoms with van der Waals surface area (Å²) in [7, 11) is 0. The molecule has 0 atom stereocenters. The van der Waals surface area contributed by atoms with Crippen molar-refractivity contribution in [2.45, 2.75) is 6.42 Å². The number of hydrogen-bond donors (Lipinski definition) is 2. The Balaban J connectivity index is 1.51. The quantitative estimate of drug-likeness (QED) is 0.603. The van der Waals surface area contributed by atoms with Crippen molar-refractivity contribution in [2.75, 3.05) is 6.54 Å². The molecule has 2 aromatic carbocycles. The summed E-state index contributed by atoms with van der Waals surface area (Å²) in [6, 6.07) is 17.9. The van der Waals surface area contributed by atoms with E-state index in [-0.39, 0.29) is 5.91 Å². The van der Waals surface area contributed by atoms with Crippen molar-refractivity contribution < 1.29 is 4.79 Å². The normalized spacial score (nSPS) is 11.0. The van der Waals surface area contributed by atoms with Gasteiger partial charge in [-0.2, -0.15) is 0 Å². The van der Waals surface area contributed by atoms with Gasteiger partial charge in [-0.3, -0.25) is 9.78 Å². The first-order valence-corrected chi connectivity index (χ1v) is 7.99. The van der Waals surface area contributed by atoms with E-state index in [0.717, 1.165) is 28.2 Å². The number of fused-ring (bicyclic) bond motifs is 3. The van der Waals surface area contributed by atoms with Crippen LogP contribution in [0.1, 0.15) is 15.9 Å². The molecule has 2 N–H and O–H groups in total. The summed E-state index contributed by atoms with van der Waals surface area (Å²) >= 11 is 0. The molecule has 0 saturated heterocycles. The Kier molecular flexibility index (Phi) is 3.71. The van der Waals surface area contributed by atoms with Gasteiger partial charge < -0.3 is 10.3 Å². The summed E-state index contributed by atoms with van der Waals surface area (Å²) < 4.78 is 0. The fraction of sp³-hybridized carbons (Fsp3) is 0.100. The number of rotatable bonds is 4. The van der Waals surface area contributed by atoms with Crippen LogP contribution in [0, 0.1) is 0 Å². The number of carbonyl (C=O) groups excluding carboxylic acids is 1. The highest BCUT2D eigenvalue weighted by Crippen LogP contribution is 2.25. The third-order valence-corrected chi connectivity index (χ3v) is 4.20. The van der Waals surface area contributed by atoms with Crippen LogP contribution in [-0.4, -0.2) is 22.4 Å². The minimum Gasteiger partial charge on any atom is -0.353 e. The van der Waals surface area contributed by atoms with Crippen molar-refractivity contribution in [3.8, 4) is 0 Å². The van der Waals surface area contributed by atoms with Crippen LogP contribution in [0.25, 0.3) is 21.8 Å². The lowest BCUT2D eigenvalue weighted by Crippen LogP contribution is -2.25. The van der Waals surface area contributed by atoms with E-state index in [1.54, 1.807) is 12.4 Å². The smallest absolute Gasteiger partial charge is 0.251 e. The molecule has 0 aliphatic carbocycles. The molecular formula is C20H17N3O. The van der Waals surface area contributed by atoms with E-state index >= 15 is 0 Å². The van der Waals surface area contributed by atoms with Crippen LogP contribution < -0.4 is 5.32 Å². The molecule has 4 aromatic rings. The summed E-state index contributed by atoms with van der Waals surface area (Å²) in [5.41, 5.74) is 3.81. The van der Waals surface area contributed by atoms with E-state index < -0.39 is 0 Å². The molecule has 0 saturated carbocycles. The Morgan fingerprint density at radius 3 is 2.71 bits per heavy atom. The van der Waals surface area contributed by atoms with Crippen molar-refractivity contribution in [2.24, 2.45) is 0 Å². The Morgan fingerprint density at radius 2 is 1.83 bits per heavy atom. The number of carbonyl (C=O) groups is 1. The third-order valence-electron chi connectivity index (χ3n) is 4.20. The van der Waals surface area contributed by atoms with Gasteiger partial charge in [-0.15, -0.1) is 0 Å². The van der Waals surface area contributed by atoms with E-state index in [4.69, 9.17) is 0 Å². The maximum Gasteiger partial charge on any atom is 0.251 e. The molecule has 2 aromatic heterocycles. The van der Waals surface area contributed by atoms with Crippen LogP contribution in [0.3, 0.4) is 0 Å². The Morgan fingerprint density at radius 1 is 1.00 bits per heavy atom. The summed E-state index contributed by atoms with van der Waals surface area (Å²) in [5, 5.41) is 5.21. The van der Waals surface area contributed by atoms with Gasteiger partial charge in [0.2, 0.25) is 0 Å². The topological polar surface area (TPSA) is 57.8 Å². The fourth-order valence-corrected chi connectivity index (χ4v) is 2.96. The number of H-pyrrole nitrogens is 1. The summed E-state index contributed by atoms with van der Waals surface area (Å²) in [4.78, 5) is 19.8. The first kappa shape index (κ1) is 14.5. The zero-order valence-corrected chi connectivity index (χ0v) is 13.1. The minimum absolute atomic E-state index is 0.0513. The van der Waals surface area contributed by atoms with Crippen molar-refractivity contribution in [1.29, 1.82) is 0 Å². The lowest BCUT2D eigenvalue weighted by molar-refractivity contribution is 0.0954. The predicted molar refractivity (Wildman–Crippen MR) is 96.1 cm³/mol. The van der Waals surface area contributed by atoms with E-state index in [1.807, 2.05) is 42.5 Å². The monoisotopic (exact) mass is 315 g/mol. The molecule has 118 valence electrons. The summed E-state index contributed by atoms with van der Waals surface area (Å²) in [5.74, 6) is -0.0513. The van der Waals surface area contributed by atoms with Crippen molar-refractivity contribution >= 4 is 27.7 Å². The fourth-order valence-electron chi connectivity index (χ4n) is 2.96. The highest BCUT2D eigenvalue weighted by atomic mass is 16.1. The largest absolute Gasteiger partial charge is 0.353 e. The SMILES string of the molecule is O=C(NCCc1ccccc1)c1ccc2c(c1)[nH]c1cnccc12. The molecule has 24 heavy (non-hydrogen) atoms. The lowest BCUT2D eigenvalue weighted by Gasteiger charge is -2.05. The van der Waals surface area contributed by atoms with Crippen molar-refractivity contribution in [1.82, 2.24) is 15.3 Å². The molecule has 4 heteroatoms. The molecule has 0 aliphatic heterocycles. The highest BCUT2D eigenvalue weighted by Gasteiger charge is 2.09. The second-order valence-electron chi connectivity index (χ2n) is 5.80. The van der Waals surface area contributed by atoms with Gasteiger partial charge in [-0.1, -0.05) is 36.4 Å². The number of benzene rings is 2. The van der Waals surface area contributed by atoms with Gasteiger partial charge in [0.15, 0.2) is 0 Å². The van der Waals surface area contributed by atoms with Crippen molar-refractivity contribution in [3.63, 3.8) is 0 Å². The van der Waals surface area contributed by atoms with Crippen LogP contribution in [0.5, 0.6) is 0 Å². The summed E-state index contributed by atoms with van der Waals surface area (Å²) in [6.45, 7) is 0.623. The van der Waals surface area contributed by atoms with Gasteiger partial charge >= 0.3 is 0 Å². The van der Waals surface area contributed by atoms with Gasteiger partial charge in [0.1, 0.15) is 0 Å². The van der Waals surface area contributed by atoms with Gasteiger partial charge in [0.05, 0.1) is 11.7 Å². The predicted octanol–water partition coefficient (Wildman–Crippen LogP) is 3.69. The molecule has 2 heterocycles. The molecule has 0 unspecified atom stereocenters. The number of amides is 1. The van der Waals surface area contributed by atoms with E-state index in [0.29, 0.717) is 12.1 Å². The third kappa shape index (κ3) is 2.74. The first-order chi connectivity index (χ1) is 11.8. The van der Waals surface area contributed by atoms with Crippen LogP contribution in [0.4, 0.5) is 0 Å². The molecule has 0 radical (unpaired) electrons. The van der Waals surface area contributed by atoms with Gasteiger partial charge in [0.25, 0.3) is 5.91 Å². The van der Waals surface area contributed by atoms with Gasteiger partial charge in [-0.25, -0.2) is 0 Å². The van der Waals surface area contributed by atoms with Crippen LogP contribution in [0.2, 0.25) is 0 Å². The molecule has 1 amide bonds. The lowest BCUT2D eigenvalue weighted by atomic mass is 10.1. The number of pyridine rings is 1. The molecule has 0 fully saturated rings. The Hall–Kier alpha value is -3.14. The second kappa shape index (κ2) is 6.16. The molecular weight excluding hydrogens is 298 g/mol. The zero-order valence-electron chi connectivity index (χ0n) is 13.1. The standard InChI is InChI=1S/C20H17N3O/c24-20(22-11-8-14-4-2-1-3-5-14)15-6-7-16-17-9-10-21-13-19(17)23-18(16)12-15/h1-7,9-10,12-13,23H,8,11H2,(H,22,24).